The maximum Gasteiger partial charge on any atom is 0.407 e. The Hall–Kier alpha value is -5.22. The number of aryl methyl sites for hydroxylation is 2. The fraction of sp³-hybridized carbons (Fsp3) is 0.600. The van der Waals surface area contributed by atoms with E-state index in [1.165, 1.54) is 24.3 Å². The molecular formula is C50H69F2N7O7. The molecule has 0 unspecified atom stereocenters. The number of rotatable bonds is 15. The number of nitrogens with two attached hydrogens (primary N) is 2. The van der Waals surface area contributed by atoms with Crippen molar-refractivity contribution in [1.82, 2.24) is 14.5 Å². The molecule has 2 aromatic heterocycles. The lowest BCUT2D eigenvalue weighted by Crippen LogP contribution is -2.42. The maximum absolute atomic E-state index is 15.6. The summed E-state index contributed by atoms with van der Waals surface area (Å²) < 4.78 is 51.6. The van der Waals surface area contributed by atoms with Crippen LogP contribution in [0.25, 0.3) is 21.8 Å². The minimum Gasteiger partial charge on any atom is -0.493 e. The molecule has 2 aliphatic carbocycles. The highest BCUT2D eigenvalue weighted by atomic mass is 19.1. The second-order valence-corrected chi connectivity index (χ2v) is 19.9. The zero-order valence-corrected chi connectivity index (χ0v) is 39.9. The molecule has 0 radical (unpaired) electrons. The smallest absolute Gasteiger partial charge is 0.407 e. The van der Waals surface area contributed by atoms with E-state index in [4.69, 9.17) is 25.7 Å². The fourth-order valence-electron chi connectivity index (χ4n) is 9.76. The van der Waals surface area contributed by atoms with Crippen LogP contribution >= 0.6 is 0 Å². The van der Waals surface area contributed by atoms with Gasteiger partial charge in [0.15, 0.2) is 0 Å². The molecule has 4 fully saturated rings. The first-order valence-corrected chi connectivity index (χ1v) is 23.7. The number of anilines is 2. The van der Waals surface area contributed by atoms with Crippen molar-refractivity contribution in [2.24, 2.45) is 23.3 Å². The Morgan fingerprint density at radius 2 is 1.24 bits per heavy atom. The predicted molar refractivity (Wildman–Crippen MR) is 255 cm³/mol. The van der Waals surface area contributed by atoms with Crippen LogP contribution < -0.4 is 47.2 Å². The Bertz CT molecular complexity index is 2580. The van der Waals surface area contributed by atoms with Gasteiger partial charge in [0.05, 0.1) is 29.0 Å². The molecule has 2 aliphatic heterocycles. The number of alkyl carbamates (subject to hydrolysis) is 1. The molecule has 5 N–H and O–H groups in total. The molecule has 8 rings (SSSR count). The second kappa shape index (κ2) is 19.9. The molecule has 14 nitrogen and oxygen atoms in total. The van der Waals surface area contributed by atoms with E-state index in [2.05, 4.69) is 10.2 Å². The van der Waals surface area contributed by atoms with Crippen molar-refractivity contribution in [1.29, 1.82) is 0 Å². The quantitative estimate of drug-likeness (QED) is 0.100. The van der Waals surface area contributed by atoms with Crippen molar-refractivity contribution in [3.8, 4) is 11.5 Å². The van der Waals surface area contributed by atoms with Gasteiger partial charge in [-0.1, -0.05) is 0 Å². The SMILES string of the molecule is CC(=O)CCCOc1cc(=O)n(C2CC2)c2c(C)c(N3CC[C@@H]([C@H](C)N)C3)c(F)cc12.Cc1c(N2CC[C@@H]([C@H](C)NC(=O)OC(C)(C)C)C2)c(F)cc2c(OCCN)cc(=O)n(C3CC3)c12. The molecular weight excluding hydrogens is 849 g/mol. The Balaban J connectivity index is 0.000000198. The van der Waals surface area contributed by atoms with Crippen LogP contribution in [0.2, 0.25) is 0 Å². The number of amides is 1. The van der Waals surface area contributed by atoms with Crippen molar-refractivity contribution in [2.75, 3.05) is 55.7 Å². The first-order valence-electron chi connectivity index (χ1n) is 23.7. The molecule has 4 aliphatic rings. The summed E-state index contributed by atoms with van der Waals surface area (Å²) in [5, 5.41) is 4.14. The number of carbonyl (C=O) groups is 2. The molecule has 2 saturated heterocycles. The summed E-state index contributed by atoms with van der Waals surface area (Å²) >= 11 is 0. The van der Waals surface area contributed by atoms with Gasteiger partial charge < -0.3 is 54.7 Å². The number of halogens is 2. The molecule has 1 amide bonds. The summed E-state index contributed by atoms with van der Waals surface area (Å²) in [7, 11) is 0. The van der Waals surface area contributed by atoms with Crippen LogP contribution in [-0.2, 0) is 9.53 Å². The summed E-state index contributed by atoms with van der Waals surface area (Å²) in [5.74, 6) is 0.684. The lowest BCUT2D eigenvalue weighted by Gasteiger charge is -2.27. The average Bonchev–Trinajstić information content (AvgIpc) is 4.15. The Morgan fingerprint density at radius 1 is 0.773 bits per heavy atom. The number of pyridine rings is 2. The van der Waals surface area contributed by atoms with E-state index in [0.29, 0.717) is 78.6 Å². The van der Waals surface area contributed by atoms with Gasteiger partial charge in [0.2, 0.25) is 0 Å². The van der Waals surface area contributed by atoms with Crippen LogP contribution in [0, 0.1) is 37.3 Å². The second-order valence-electron chi connectivity index (χ2n) is 19.9. The van der Waals surface area contributed by atoms with E-state index in [0.717, 1.165) is 73.8 Å². The van der Waals surface area contributed by atoms with E-state index in [1.54, 1.807) is 11.5 Å². The summed E-state index contributed by atoms with van der Waals surface area (Å²) in [6.07, 6.45) is 6.06. The minimum atomic E-state index is -0.569. The molecule has 66 heavy (non-hydrogen) atoms. The Morgan fingerprint density at radius 3 is 1.67 bits per heavy atom. The molecule has 4 aromatic rings. The van der Waals surface area contributed by atoms with Gasteiger partial charge in [-0.05, 0) is 135 Å². The average molecular weight is 918 g/mol. The summed E-state index contributed by atoms with van der Waals surface area (Å²) in [5.41, 5.74) is 14.9. The number of hydrogen-bond acceptors (Lipinski definition) is 11. The number of ether oxygens (including phenoxy) is 3. The van der Waals surface area contributed by atoms with E-state index in [-0.39, 0.29) is 65.2 Å². The van der Waals surface area contributed by atoms with Gasteiger partial charge in [0.1, 0.15) is 41.1 Å². The number of carbonyl (C=O) groups excluding carboxylic acids is 2. The molecule has 360 valence electrons. The van der Waals surface area contributed by atoms with E-state index in [9.17, 15) is 19.2 Å². The summed E-state index contributed by atoms with van der Waals surface area (Å²) in [6.45, 7) is 18.3. The minimum absolute atomic E-state index is 0.0634. The predicted octanol–water partition coefficient (Wildman–Crippen LogP) is 7.57. The van der Waals surface area contributed by atoms with Crippen LogP contribution in [0.15, 0.2) is 33.9 Å². The first kappa shape index (κ1) is 48.7. The van der Waals surface area contributed by atoms with Crippen molar-refractivity contribution >= 4 is 45.1 Å². The molecule has 0 bridgehead atoms. The van der Waals surface area contributed by atoms with Crippen LogP contribution in [0.3, 0.4) is 0 Å². The third-order valence-electron chi connectivity index (χ3n) is 13.3. The Labute approximate surface area is 385 Å². The highest BCUT2D eigenvalue weighted by Crippen LogP contribution is 2.44. The van der Waals surface area contributed by atoms with Crippen molar-refractivity contribution < 1.29 is 32.6 Å². The molecule has 0 spiro atoms. The zero-order valence-electron chi connectivity index (χ0n) is 39.9. The summed E-state index contributed by atoms with van der Waals surface area (Å²) in [4.78, 5) is 53.5. The fourth-order valence-corrected chi connectivity index (χ4v) is 9.76. The normalized spacial score (nSPS) is 19.5. The van der Waals surface area contributed by atoms with Crippen molar-refractivity contribution in [3.63, 3.8) is 0 Å². The van der Waals surface area contributed by atoms with Gasteiger partial charge in [-0.2, -0.15) is 0 Å². The number of Topliss-reactive ketones (excluding diaryl/α,β-unsaturated/α-hetero) is 1. The molecule has 4 heterocycles. The van der Waals surface area contributed by atoms with Crippen molar-refractivity contribution in [3.05, 3.63) is 67.7 Å². The highest BCUT2D eigenvalue weighted by molar-refractivity contribution is 5.93. The third kappa shape index (κ3) is 10.8. The van der Waals surface area contributed by atoms with Crippen molar-refractivity contribution in [2.45, 2.75) is 137 Å². The number of aromatic nitrogens is 2. The van der Waals surface area contributed by atoms with Gasteiger partial charge in [0, 0.05) is 86.2 Å². The maximum atomic E-state index is 15.6. The summed E-state index contributed by atoms with van der Waals surface area (Å²) in [6, 6.07) is 6.14. The lowest BCUT2D eigenvalue weighted by atomic mass is 10.0. The monoisotopic (exact) mass is 918 g/mol. The van der Waals surface area contributed by atoms with Gasteiger partial charge in [-0.15, -0.1) is 0 Å². The zero-order chi connectivity index (χ0) is 47.8. The molecule has 16 heteroatoms. The number of fused-ring (bicyclic) bond motifs is 2. The third-order valence-corrected chi connectivity index (χ3v) is 13.3. The number of nitrogens with zero attached hydrogens (tertiary/aromatic N) is 4. The van der Waals surface area contributed by atoms with Crippen LogP contribution in [0.4, 0.5) is 25.0 Å². The number of ketones is 1. The number of nitrogens with one attached hydrogen (secondary N) is 1. The number of hydrogen-bond donors (Lipinski definition) is 3. The van der Waals surface area contributed by atoms with Gasteiger partial charge in [-0.3, -0.25) is 9.59 Å². The van der Waals surface area contributed by atoms with Gasteiger partial charge in [-0.25, -0.2) is 13.6 Å². The van der Waals surface area contributed by atoms with E-state index in [1.807, 2.05) is 57.9 Å². The van der Waals surface area contributed by atoms with Crippen LogP contribution in [0.5, 0.6) is 11.5 Å². The van der Waals surface area contributed by atoms with Crippen LogP contribution in [0.1, 0.15) is 116 Å². The van der Waals surface area contributed by atoms with E-state index >= 15 is 8.78 Å². The standard InChI is InChI=1S/C26H37FN4O4.C24H32FN3O3/c1-15-23-19(21(34-11-9-28)13-22(32)31(23)18-6-7-18)12-20(27)24(15)30-10-8-17(14-30)16(2)29-25(33)35-26(3,4)5;1-14(29)5-4-10-31-21-12-22(30)28(18-6-7-18)23-15(2)24(20(25)11-19(21)23)27-9-8-17(13-27)16(3)26/h12-13,16-18H,6-11,14,28H2,1-5H3,(H,29,33);11-12,16-18H,4-10,13,26H2,1-3H3/t2*16-,17+/m00/s1. The molecule has 2 aromatic carbocycles. The molecule has 2 saturated carbocycles. The largest absolute Gasteiger partial charge is 0.493 e. The highest BCUT2D eigenvalue weighted by Gasteiger charge is 2.35. The first-order chi connectivity index (χ1) is 31.3. The topological polar surface area (TPSA) is 176 Å². The van der Waals surface area contributed by atoms with E-state index < -0.39 is 11.7 Å². The Kier molecular flexibility index (Phi) is 14.7. The number of benzene rings is 2. The van der Waals surface area contributed by atoms with Gasteiger partial charge >= 0.3 is 6.09 Å². The lowest BCUT2D eigenvalue weighted by molar-refractivity contribution is -0.117. The molecule has 4 atom stereocenters. The van der Waals surface area contributed by atoms with Crippen LogP contribution in [-0.4, -0.2) is 84.6 Å². The van der Waals surface area contributed by atoms with Gasteiger partial charge in [0.25, 0.3) is 11.1 Å².